The van der Waals surface area contributed by atoms with Crippen molar-refractivity contribution in [2.24, 2.45) is 5.92 Å². The molecule has 2 rings (SSSR count). The zero-order chi connectivity index (χ0) is 15.4. The van der Waals surface area contributed by atoms with E-state index in [4.69, 9.17) is 5.11 Å². The second-order valence-corrected chi connectivity index (χ2v) is 5.50. The number of carboxylic acids is 1. The van der Waals surface area contributed by atoms with E-state index in [0.29, 0.717) is 5.82 Å². The molecule has 0 saturated carbocycles. The van der Waals surface area contributed by atoms with Gasteiger partial charge < -0.3 is 20.0 Å². The third-order valence-corrected chi connectivity index (χ3v) is 4.04. The first-order valence-electron chi connectivity index (χ1n) is 7.16. The topological polar surface area (TPSA) is 89.8 Å². The lowest BCUT2D eigenvalue weighted by Gasteiger charge is -2.33. The Morgan fingerprint density at radius 3 is 3.00 bits per heavy atom. The summed E-state index contributed by atoms with van der Waals surface area (Å²) in [4.78, 5) is 23.2. The largest absolute Gasteiger partial charge is 0.480 e. The fraction of sp³-hybridized carbons (Fsp3) is 0.643. The quantitative estimate of drug-likeness (QED) is 0.821. The van der Waals surface area contributed by atoms with E-state index >= 15 is 0 Å². The van der Waals surface area contributed by atoms with Crippen molar-refractivity contribution in [3.05, 3.63) is 12.4 Å². The molecule has 0 aromatic carbocycles. The van der Waals surface area contributed by atoms with Crippen LogP contribution in [-0.4, -0.2) is 58.9 Å². The number of rotatable bonds is 5. The molecule has 21 heavy (non-hydrogen) atoms. The predicted octanol–water partition coefficient (Wildman–Crippen LogP) is 0.595. The van der Waals surface area contributed by atoms with Gasteiger partial charge in [-0.15, -0.1) is 0 Å². The van der Waals surface area contributed by atoms with Gasteiger partial charge in [0.1, 0.15) is 24.0 Å². The van der Waals surface area contributed by atoms with Gasteiger partial charge in [0.15, 0.2) is 0 Å². The minimum atomic E-state index is -0.893. The molecule has 1 aliphatic heterocycles. The standard InChI is InChI=1S/C14H22N4O3/c1-10(14(20)21)17(2)12-6-13(16-9-15-12)18-5-3-4-11(7-18)8-19/h6,9-11,19H,3-5,7-8H2,1-2H3,(H,20,21). The van der Waals surface area contributed by atoms with Gasteiger partial charge in [0, 0.05) is 32.8 Å². The van der Waals surface area contributed by atoms with Crippen molar-refractivity contribution in [3.63, 3.8) is 0 Å². The molecule has 0 bridgehead atoms. The lowest BCUT2D eigenvalue weighted by atomic mass is 9.99. The van der Waals surface area contributed by atoms with Gasteiger partial charge in [0.2, 0.25) is 0 Å². The van der Waals surface area contributed by atoms with Gasteiger partial charge in [-0.05, 0) is 25.7 Å². The maximum absolute atomic E-state index is 11.1. The van der Waals surface area contributed by atoms with Gasteiger partial charge >= 0.3 is 5.97 Å². The minimum absolute atomic E-state index is 0.185. The van der Waals surface area contributed by atoms with Crippen molar-refractivity contribution < 1.29 is 15.0 Å². The van der Waals surface area contributed by atoms with Crippen LogP contribution in [0.1, 0.15) is 19.8 Å². The summed E-state index contributed by atoms with van der Waals surface area (Å²) < 4.78 is 0. The monoisotopic (exact) mass is 294 g/mol. The molecule has 7 heteroatoms. The van der Waals surface area contributed by atoms with Crippen molar-refractivity contribution in [2.45, 2.75) is 25.8 Å². The summed E-state index contributed by atoms with van der Waals surface area (Å²) in [7, 11) is 1.71. The molecule has 0 amide bonds. The third-order valence-electron chi connectivity index (χ3n) is 4.04. The summed E-state index contributed by atoms with van der Waals surface area (Å²) in [6.45, 7) is 3.47. The van der Waals surface area contributed by atoms with Crippen LogP contribution in [0.4, 0.5) is 11.6 Å². The van der Waals surface area contributed by atoms with Crippen molar-refractivity contribution in [1.82, 2.24) is 9.97 Å². The van der Waals surface area contributed by atoms with Crippen LogP contribution in [0.2, 0.25) is 0 Å². The van der Waals surface area contributed by atoms with E-state index in [-0.39, 0.29) is 12.5 Å². The Hall–Kier alpha value is -1.89. The molecule has 1 aliphatic rings. The molecule has 2 N–H and O–H groups in total. The summed E-state index contributed by atoms with van der Waals surface area (Å²) in [5.41, 5.74) is 0. The van der Waals surface area contributed by atoms with E-state index < -0.39 is 12.0 Å². The molecule has 1 aromatic rings. The molecular formula is C14H22N4O3. The van der Waals surface area contributed by atoms with Gasteiger partial charge in [-0.25, -0.2) is 14.8 Å². The summed E-state index contributed by atoms with van der Waals surface area (Å²) in [5.74, 6) is 0.743. The Bertz CT molecular complexity index is 497. The molecule has 7 nitrogen and oxygen atoms in total. The molecule has 2 unspecified atom stereocenters. The molecule has 1 fully saturated rings. The van der Waals surface area contributed by atoms with E-state index in [1.165, 1.54) is 6.33 Å². The number of hydrogen-bond acceptors (Lipinski definition) is 6. The SMILES string of the molecule is CC(C(=O)O)N(C)c1cc(N2CCCC(CO)C2)ncn1. The van der Waals surface area contributed by atoms with Crippen molar-refractivity contribution >= 4 is 17.6 Å². The van der Waals surface area contributed by atoms with Gasteiger partial charge in [-0.2, -0.15) is 0 Å². The van der Waals surface area contributed by atoms with Gasteiger partial charge in [-0.3, -0.25) is 0 Å². The maximum atomic E-state index is 11.1. The highest BCUT2D eigenvalue weighted by Crippen LogP contribution is 2.23. The molecule has 1 aromatic heterocycles. The summed E-state index contributed by atoms with van der Waals surface area (Å²) in [6, 6.07) is 1.15. The number of carboxylic acid groups (broad SMARTS) is 1. The second kappa shape index (κ2) is 6.71. The molecule has 2 atom stereocenters. The highest BCUT2D eigenvalue weighted by atomic mass is 16.4. The molecule has 1 saturated heterocycles. The van der Waals surface area contributed by atoms with Crippen LogP contribution in [-0.2, 0) is 4.79 Å². The smallest absolute Gasteiger partial charge is 0.326 e. The molecule has 0 aliphatic carbocycles. The predicted molar refractivity (Wildman–Crippen MR) is 79.6 cm³/mol. The van der Waals surface area contributed by atoms with Crippen LogP contribution in [0.5, 0.6) is 0 Å². The Morgan fingerprint density at radius 1 is 1.57 bits per heavy atom. The van der Waals surface area contributed by atoms with Crippen molar-refractivity contribution in [3.8, 4) is 0 Å². The van der Waals surface area contributed by atoms with Gasteiger partial charge in [0.05, 0.1) is 0 Å². The lowest BCUT2D eigenvalue weighted by molar-refractivity contribution is -0.138. The zero-order valence-electron chi connectivity index (χ0n) is 12.4. The number of aliphatic carboxylic acids is 1. The van der Waals surface area contributed by atoms with E-state index in [1.807, 2.05) is 0 Å². The van der Waals surface area contributed by atoms with Crippen LogP contribution in [0, 0.1) is 5.92 Å². The molecule has 0 spiro atoms. The highest BCUT2D eigenvalue weighted by Gasteiger charge is 2.22. The number of piperidine rings is 1. The van der Waals surface area contributed by atoms with E-state index in [1.54, 1.807) is 24.9 Å². The number of aliphatic hydroxyl groups is 1. The first-order valence-corrected chi connectivity index (χ1v) is 7.16. The Balaban J connectivity index is 2.15. The number of nitrogens with zero attached hydrogens (tertiary/aromatic N) is 4. The van der Waals surface area contributed by atoms with Gasteiger partial charge in [0.25, 0.3) is 0 Å². The Kier molecular flexibility index (Phi) is 4.95. The number of likely N-dealkylation sites (N-methyl/N-ethyl adjacent to an activating group) is 1. The van der Waals surface area contributed by atoms with E-state index in [9.17, 15) is 9.90 Å². The summed E-state index contributed by atoms with van der Waals surface area (Å²) in [6.07, 6.45) is 3.51. The maximum Gasteiger partial charge on any atom is 0.326 e. The zero-order valence-corrected chi connectivity index (χ0v) is 12.4. The number of hydrogen-bond donors (Lipinski definition) is 2. The van der Waals surface area contributed by atoms with E-state index in [2.05, 4.69) is 14.9 Å². The van der Waals surface area contributed by atoms with Crippen molar-refractivity contribution in [2.75, 3.05) is 36.5 Å². The van der Waals surface area contributed by atoms with Crippen LogP contribution in [0.15, 0.2) is 12.4 Å². The Morgan fingerprint density at radius 2 is 2.33 bits per heavy atom. The number of carbonyl (C=O) groups is 1. The second-order valence-electron chi connectivity index (χ2n) is 5.50. The molecule has 2 heterocycles. The Labute approximate surface area is 124 Å². The van der Waals surface area contributed by atoms with Crippen LogP contribution in [0.25, 0.3) is 0 Å². The first-order chi connectivity index (χ1) is 10.0. The number of aromatic nitrogens is 2. The summed E-state index contributed by atoms with van der Waals surface area (Å²) >= 11 is 0. The third kappa shape index (κ3) is 3.60. The number of aliphatic hydroxyl groups excluding tert-OH is 1. The van der Waals surface area contributed by atoms with Crippen LogP contribution >= 0.6 is 0 Å². The highest BCUT2D eigenvalue weighted by molar-refractivity contribution is 5.77. The molecular weight excluding hydrogens is 272 g/mol. The first kappa shape index (κ1) is 15.5. The fourth-order valence-corrected chi connectivity index (χ4v) is 2.49. The van der Waals surface area contributed by atoms with Crippen LogP contribution < -0.4 is 9.80 Å². The average Bonchev–Trinajstić information content (AvgIpc) is 2.53. The fourth-order valence-electron chi connectivity index (χ4n) is 2.49. The van der Waals surface area contributed by atoms with Gasteiger partial charge in [-0.1, -0.05) is 0 Å². The normalized spacial score (nSPS) is 20.1. The van der Waals surface area contributed by atoms with Crippen molar-refractivity contribution in [1.29, 1.82) is 0 Å². The molecule has 0 radical (unpaired) electrons. The average molecular weight is 294 g/mol. The number of anilines is 2. The van der Waals surface area contributed by atoms with E-state index in [0.717, 1.165) is 31.7 Å². The molecule has 116 valence electrons. The van der Waals surface area contributed by atoms with Crippen LogP contribution in [0.3, 0.4) is 0 Å². The lowest BCUT2D eigenvalue weighted by Crippen LogP contribution is -2.38. The minimum Gasteiger partial charge on any atom is -0.480 e. The summed E-state index contributed by atoms with van der Waals surface area (Å²) in [5, 5.41) is 18.4.